The average Bonchev–Trinajstić information content (AvgIpc) is 2.84. The molecule has 126 valence electrons. The van der Waals surface area contributed by atoms with Crippen LogP contribution in [0, 0.1) is 5.92 Å². The van der Waals surface area contributed by atoms with E-state index in [-0.39, 0.29) is 41.3 Å². The number of rotatable bonds is 4. The van der Waals surface area contributed by atoms with Crippen LogP contribution in [0.15, 0.2) is 18.2 Å². The Bertz CT molecular complexity index is 618. The molecule has 1 heterocycles. The molecule has 1 atom stereocenters. The van der Waals surface area contributed by atoms with Crippen LogP contribution in [0.2, 0.25) is 0 Å². The maximum atomic E-state index is 13.3. The number of amides is 1. The minimum absolute atomic E-state index is 0.0728. The fourth-order valence-corrected chi connectivity index (χ4v) is 3.16. The normalized spacial score (nSPS) is 18.4. The highest BCUT2D eigenvalue weighted by Crippen LogP contribution is 2.40. The maximum Gasteiger partial charge on any atom is 0.418 e. The number of carbonyl (C=O) groups excluding carboxylic acids is 2. The van der Waals surface area contributed by atoms with Crippen LogP contribution in [0.25, 0.3) is 0 Å². The van der Waals surface area contributed by atoms with Crippen molar-refractivity contribution in [2.24, 2.45) is 5.92 Å². The molecule has 1 aromatic rings. The molecule has 1 aliphatic heterocycles. The van der Waals surface area contributed by atoms with E-state index in [0.29, 0.717) is 5.75 Å². The summed E-state index contributed by atoms with van der Waals surface area (Å²) in [6.07, 6.45) is -4.44. The lowest BCUT2D eigenvalue weighted by molar-refractivity contribution is -0.137. The number of alkyl halides is 3. The van der Waals surface area contributed by atoms with Crippen molar-refractivity contribution in [3.63, 3.8) is 0 Å². The van der Waals surface area contributed by atoms with Crippen LogP contribution >= 0.6 is 11.8 Å². The van der Waals surface area contributed by atoms with Crippen molar-refractivity contribution >= 4 is 28.5 Å². The van der Waals surface area contributed by atoms with Crippen molar-refractivity contribution in [1.29, 1.82) is 0 Å². The third kappa shape index (κ3) is 4.19. The van der Waals surface area contributed by atoms with Gasteiger partial charge in [-0.1, -0.05) is 11.8 Å². The van der Waals surface area contributed by atoms with Crippen molar-refractivity contribution in [2.45, 2.75) is 19.5 Å². The van der Waals surface area contributed by atoms with Gasteiger partial charge >= 0.3 is 6.18 Å². The standard InChI is InChI=1S/C15H16F3NO3S/c1-9(20)23-8-10-5-14(21)19(7-10)13-4-3-11(22-2)6-12(13)15(16,17)18/h3-4,6,10H,5,7-8H2,1-2H3. The number of benzene rings is 1. The summed E-state index contributed by atoms with van der Waals surface area (Å²) in [5.74, 6) is 0.000498. The first-order valence-electron chi connectivity index (χ1n) is 6.91. The first kappa shape index (κ1) is 17.7. The molecule has 1 fully saturated rings. The number of halogens is 3. The number of anilines is 1. The van der Waals surface area contributed by atoms with Crippen molar-refractivity contribution in [1.82, 2.24) is 0 Å². The highest BCUT2D eigenvalue weighted by molar-refractivity contribution is 8.13. The van der Waals surface area contributed by atoms with Gasteiger partial charge in [0.05, 0.1) is 18.4 Å². The Morgan fingerprint density at radius 1 is 1.43 bits per heavy atom. The summed E-state index contributed by atoms with van der Waals surface area (Å²) < 4.78 is 44.6. The molecule has 1 amide bonds. The fourth-order valence-electron chi connectivity index (χ4n) is 2.47. The van der Waals surface area contributed by atoms with Crippen LogP contribution in [0.4, 0.5) is 18.9 Å². The summed E-state index contributed by atoms with van der Waals surface area (Å²) in [5.41, 5.74) is -1.07. The highest BCUT2D eigenvalue weighted by Gasteiger charge is 2.39. The third-order valence-corrected chi connectivity index (χ3v) is 4.57. The Hall–Kier alpha value is -1.70. The third-order valence-electron chi connectivity index (χ3n) is 3.53. The Kier molecular flexibility index (Phi) is 5.23. The molecule has 0 spiro atoms. The number of thioether (sulfide) groups is 1. The molecule has 2 rings (SSSR count). The summed E-state index contributed by atoms with van der Waals surface area (Å²) in [4.78, 5) is 24.2. The minimum atomic E-state index is -4.59. The molecule has 4 nitrogen and oxygen atoms in total. The summed E-state index contributed by atoms with van der Waals surface area (Å²) >= 11 is 1.08. The van der Waals surface area contributed by atoms with Gasteiger partial charge in [-0.3, -0.25) is 9.59 Å². The van der Waals surface area contributed by atoms with E-state index in [9.17, 15) is 22.8 Å². The molecule has 23 heavy (non-hydrogen) atoms. The maximum absolute atomic E-state index is 13.3. The number of hydrogen-bond donors (Lipinski definition) is 0. The van der Waals surface area contributed by atoms with Gasteiger partial charge in [0, 0.05) is 25.6 Å². The second-order valence-electron chi connectivity index (χ2n) is 5.26. The van der Waals surface area contributed by atoms with Crippen LogP contribution in [-0.4, -0.2) is 30.4 Å². The quantitative estimate of drug-likeness (QED) is 0.838. The zero-order valence-corrected chi connectivity index (χ0v) is 13.5. The zero-order chi connectivity index (χ0) is 17.2. The Labute approximate surface area is 136 Å². The van der Waals surface area contributed by atoms with E-state index in [2.05, 4.69) is 0 Å². The molecule has 0 aromatic heterocycles. The van der Waals surface area contributed by atoms with Gasteiger partial charge in [-0.15, -0.1) is 0 Å². The monoisotopic (exact) mass is 347 g/mol. The second-order valence-corrected chi connectivity index (χ2v) is 6.45. The zero-order valence-electron chi connectivity index (χ0n) is 12.6. The lowest BCUT2D eigenvalue weighted by Gasteiger charge is -2.22. The van der Waals surface area contributed by atoms with Gasteiger partial charge in [-0.05, 0) is 24.1 Å². The van der Waals surface area contributed by atoms with E-state index in [0.717, 1.165) is 22.7 Å². The molecule has 1 unspecified atom stereocenters. The van der Waals surface area contributed by atoms with Crippen molar-refractivity contribution < 1.29 is 27.5 Å². The highest BCUT2D eigenvalue weighted by atomic mass is 32.2. The van der Waals surface area contributed by atoms with Crippen LogP contribution in [-0.2, 0) is 15.8 Å². The Balaban J connectivity index is 2.27. The van der Waals surface area contributed by atoms with Crippen LogP contribution in [0.1, 0.15) is 18.9 Å². The van der Waals surface area contributed by atoms with Crippen molar-refractivity contribution in [2.75, 3.05) is 24.3 Å². The van der Waals surface area contributed by atoms with E-state index in [1.807, 2.05) is 0 Å². The van der Waals surface area contributed by atoms with E-state index < -0.39 is 11.7 Å². The fraction of sp³-hybridized carbons (Fsp3) is 0.467. The van der Waals surface area contributed by atoms with Crippen LogP contribution < -0.4 is 9.64 Å². The van der Waals surface area contributed by atoms with Crippen LogP contribution in [0.3, 0.4) is 0 Å². The van der Waals surface area contributed by atoms with E-state index in [1.165, 1.54) is 26.2 Å². The van der Waals surface area contributed by atoms with E-state index >= 15 is 0 Å². The molecule has 1 aliphatic rings. The Morgan fingerprint density at radius 3 is 2.70 bits per heavy atom. The molecule has 1 saturated heterocycles. The lowest BCUT2D eigenvalue weighted by atomic mass is 10.1. The summed E-state index contributed by atoms with van der Waals surface area (Å²) in [7, 11) is 1.28. The molecule has 8 heteroatoms. The average molecular weight is 347 g/mol. The SMILES string of the molecule is COc1ccc(N2CC(CSC(C)=O)CC2=O)c(C(F)(F)F)c1. The first-order chi connectivity index (χ1) is 10.7. The molecule has 0 bridgehead atoms. The van der Waals surface area contributed by atoms with Crippen LogP contribution in [0.5, 0.6) is 5.75 Å². The molecule has 0 aliphatic carbocycles. The number of carbonyl (C=O) groups is 2. The number of hydrogen-bond acceptors (Lipinski definition) is 4. The Morgan fingerprint density at radius 2 is 2.13 bits per heavy atom. The second kappa shape index (κ2) is 6.82. The molecule has 0 saturated carbocycles. The van der Waals surface area contributed by atoms with Crippen molar-refractivity contribution in [3.05, 3.63) is 23.8 Å². The van der Waals surface area contributed by atoms with Gasteiger partial charge in [0.15, 0.2) is 5.12 Å². The smallest absolute Gasteiger partial charge is 0.418 e. The summed E-state index contributed by atoms with van der Waals surface area (Å²) in [5, 5.41) is -0.0728. The molecular weight excluding hydrogens is 331 g/mol. The van der Waals surface area contributed by atoms with Gasteiger partial charge in [0.2, 0.25) is 5.91 Å². The predicted molar refractivity (Wildman–Crippen MR) is 81.6 cm³/mol. The first-order valence-corrected chi connectivity index (χ1v) is 7.90. The van der Waals surface area contributed by atoms with Gasteiger partial charge in [-0.2, -0.15) is 13.2 Å². The number of nitrogens with zero attached hydrogens (tertiary/aromatic N) is 1. The predicted octanol–water partition coefficient (Wildman–Crippen LogP) is 3.35. The summed E-state index contributed by atoms with van der Waals surface area (Å²) in [6, 6.07) is 3.54. The van der Waals surface area contributed by atoms with E-state index in [4.69, 9.17) is 4.74 Å². The topological polar surface area (TPSA) is 46.6 Å². The lowest BCUT2D eigenvalue weighted by Crippen LogP contribution is -2.27. The minimum Gasteiger partial charge on any atom is -0.497 e. The number of ether oxygens (including phenoxy) is 1. The largest absolute Gasteiger partial charge is 0.497 e. The van der Waals surface area contributed by atoms with Gasteiger partial charge in [0.1, 0.15) is 5.75 Å². The van der Waals surface area contributed by atoms with Crippen molar-refractivity contribution in [3.8, 4) is 5.75 Å². The molecule has 0 radical (unpaired) electrons. The van der Waals surface area contributed by atoms with Gasteiger partial charge < -0.3 is 9.64 Å². The summed E-state index contributed by atoms with van der Waals surface area (Å²) in [6.45, 7) is 1.60. The molecular formula is C15H16F3NO3S. The molecule has 1 aromatic carbocycles. The van der Waals surface area contributed by atoms with Gasteiger partial charge in [-0.25, -0.2) is 0 Å². The number of methoxy groups -OCH3 is 1. The molecule has 0 N–H and O–H groups in total. The van der Waals surface area contributed by atoms with E-state index in [1.54, 1.807) is 0 Å². The van der Waals surface area contributed by atoms with Gasteiger partial charge in [0.25, 0.3) is 0 Å².